The monoisotopic (exact) mass is 181 g/mol. The fraction of sp³-hybridized carbons (Fsp3) is 0.700. The van der Waals surface area contributed by atoms with E-state index in [4.69, 9.17) is 5.73 Å². The van der Waals surface area contributed by atoms with Gasteiger partial charge in [-0.1, -0.05) is 20.8 Å². The van der Waals surface area contributed by atoms with Crippen molar-refractivity contribution in [2.75, 3.05) is 6.54 Å². The van der Waals surface area contributed by atoms with Gasteiger partial charge in [-0.2, -0.15) is 0 Å². The van der Waals surface area contributed by atoms with Gasteiger partial charge in [0.05, 0.1) is 0 Å². The Hall–Kier alpha value is -0.830. The van der Waals surface area contributed by atoms with Crippen LogP contribution in [0.5, 0.6) is 0 Å². The van der Waals surface area contributed by atoms with E-state index in [0.29, 0.717) is 11.8 Å². The van der Waals surface area contributed by atoms with Crippen LogP contribution >= 0.6 is 0 Å². The van der Waals surface area contributed by atoms with Gasteiger partial charge < -0.3 is 10.3 Å². The first kappa shape index (κ1) is 10.3. The van der Waals surface area contributed by atoms with Crippen LogP contribution in [0.3, 0.4) is 0 Å². The van der Waals surface area contributed by atoms with E-state index < -0.39 is 0 Å². The van der Waals surface area contributed by atoms with Crippen molar-refractivity contribution in [1.82, 2.24) is 9.55 Å². The molecule has 0 radical (unpaired) electrons. The van der Waals surface area contributed by atoms with E-state index in [0.717, 1.165) is 18.9 Å². The van der Waals surface area contributed by atoms with Gasteiger partial charge >= 0.3 is 0 Å². The zero-order chi connectivity index (χ0) is 9.84. The minimum Gasteiger partial charge on any atom is -0.334 e. The van der Waals surface area contributed by atoms with Crippen LogP contribution in [-0.2, 0) is 6.54 Å². The van der Waals surface area contributed by atoms with Gasteiger partial charge in [0.2, 0.25) is 0 Å². The lowest BCUT2D eigenvalue weighted by molar-refractivity contribution is 0.472. The van der Waals surface area contributed by atoms with Gasteiger partial charge in [-0.3, -0.25) is 0 Å². The van der Waals surface area contributed by atoms with E-state index in [2.05, 4.69) is 30.3 Å². The van der Waals surface area contributed by atoms with Crippen LogP contribution in [0.2, 0.25) is 0 Å². The molecule has 0 aliphatic carbocycles. The number of imidazole rings is 1. The molecule has 0 unspecified atom stereocenters. The third-order valence-corrected chi connectivity index (χ3v) is 2.17. The predicted octanol–water partition coefficient (Wildman–Crippen LogP) is 1.60. The first-order valence-electron chi connectivity index (χ1n) is 4.86. The first-order chi connectivity index (χ1) is 6.15. The highest BCUT2D eigenvalue weighted by atomic mass is 15.1. The fourth-order valence-corrected chi connectivity index (χ4v) is 1.39. The molecule has 1 aromatic rings. The summed E-state index contributed by atoms with van der Waals surface area (Å²) in [5.41, 5.74) is 5.58. The van der Waals surface area contributed by atoms with Crippen LogP contribution in [0.4, 0.5) is 0 Å². The largest absolute Gasteiger partial charge is 0.334 e. The Balaban J connectivity index is 2.70. The standard InChI is InChI=1S/C10H19N3/c1-8(2)10-12-4-5-13(10)7-9(3)6-11/h4-5,8-9H,6-7,11H2,1-3H3/t9-/m0/s1. The second kappa shape index (κ2) is 4.42. The summed E-state index contributed by atoms with van der Waals surface area (Å²) in [6.07, 6.45) is 3.89. The summed E-state index contributed by atoms with van der Waals surface area (Å²) in [5, 5.41) is 0. The van der Waals surface area contributed by atoms with Crippen LogP contribution < -0.4 is 5.73 Å². The summed E-state index contributed by atoms with van der Waals surface area (Å²) in [5.74, 6) is 2.16. The van der Waals surface area contributed by atoms with E-state index in [-0.39, 0.29) is 0 Å². The highest BCUT2D eigenvalue weighted by Gasteiger charge is 2.08. The highest BCUT2D eigenvalue weighted by molar-refractivity contribution is 4.97. The molecular weight excluding hydrogens is 162 g/mol. The molecule has 1 heterocycles. The lowest BCUT2D eigenvalue weighted by Gasteiger charge is -2.13. The molecule has 13 heavy (non-hydrogen) atoms. The Morgan fingerprint density at radius 2 is 2.15 bits per heavy atom. The summed E-state index contributed by atoms with van der Waals surface area (Å²) < 4.78 is 2.20. The SMILES string of the molecule is CC(C)c1nccn1C[C@@H](C)CN. The summed E-state index contributed by atoms with van der Waals surface area (Å²) in [6, 6.07) is 0. The van der Waals surface area contributed by atoms with Gasteiger partial charge in [-0.15, -0.1) is 0 Å². The molecule has 2 N–H and O–H groups in total. The van der Waals surface area contributed by atoms with Gasteiger partial charge in [0, 0.05) is 24.9 Å². The number of aromatic nitrogens is 2. The Kier molecular flexibility index (Phi) is 3.48. The first-order valence-corrected chi connectivity index (χ1v) is 4.86. The van der Waals surface area contributed by atoms with E-state index in [1.54, 1.807) is 0 Å². The summed E-state index contributed by atoms with van der Waals surface area (Å²) >= 11 is 0. The molecule has 3 nitrogen and oxygen atoms in total. The number of nitrogens with two attached hydrogens (primary N) is 1. The molecule has 0 bridgehead atoms. The molecule has 0 aromatic carbocycles. The van der Waals surface area contributed by atoms with Crippen LogP contribution in [0, 0.1) is 5.92 Å². The van der Waals surface area contributed by atoms with Gasteiger partial charge in [0.15, 0.2) is 0 Å². The maximum atomic E-state index is 5.58. The van der Waals surface area contributed by atoms with Crippen molar-refractivity contribution in [3.8, 4) is 0 Å². The zero-order valence-corrected chi connectivity index (χ0v) is 8.70. The van der Waals surface area contributed by atoms with Gasteiger partial charge in [0.1, 0.15) is 5.82 Å². The molecule has 74 valence electrons. The summed E-state index contributed by atoms with van der Waals surface area (Å²) in [6.45, 7) is 8.18. The molecule has 1 rings (SSSR count). The molecule has 0 aliphatic heterocycles. The van der Waals surface area contributed by atoms with Crippen molar-refractivity contribution < 1.29 is 0 Å². The van der Waals surface area contributed by atoms with Crippen LogP contribution in [0.1, 0.15) is 32.5 Å². The Labute approximate surface area is 80.0 Å². The summed E-state index contributed by atoms with van der Waals surface area (Å²) in [4.78, 5) is 4.33. The highest BCUT2D eigenvalue weighted by Crippen LogP contribution is 2.13. The predicted molar refractivity (Wildman–Crippen MR) is 54.5 cm³/mol. The molecule has 0 spiro atoms. The quantitative estimate of drug-likeness (QED) is 0.766. The maximum absolute atomic E-state index is 5.58. The Bertz CT molecular complexity index is 252. The van der Waals surface area contributed by atoms with Crippen LogP contribution in [0.25, 0.3) is 0 Å². The summed E-state index contributed by atoms with van der Waals surface area (Å²) in [7, 11) is 0. The molecule has 1 aromatic heterocycles. The second-order valence-electron chi connectivity index (χ2n) is 3.93. The number of hydrogen-bond donors (Lipinski definition) is 1. The van der Waals surface area contributed by atoms with Crippen molar-refractivity contribution in [2.24, 2.45) is 11.7 Å². The molecule has 0 aliphatic rings. The molecule has 0 amide bonds. The number of rotatable bonds is 4. The minimum absolute atomic E-state index is 0.486. The van der Waals surface area contributed by atoms with E-state index in [1.807, 2.05) is 12.4 Å². The third-order valence-electron chi connectivity index (χ3n) is 2.17. The smallest absolute Gasteiger partial charge is 0.111 e. The maximum Gasteiger partial charge on any atom is 0.111 e. The normalized spacial score (nSPS) is 13.6. The van der Waals surface area contributed by atoms with Crippen LogP contribution in [-0.4, -0.2) is 16.1 Å². The fourth-order valence-electron chi connectivity index (χ4n) is 1.39. The van der Waals surface area contributed by atoms with Gasteiger partial charge in [0.25, 0.3) is 0 Å². The van der Waals surface area contributed by atoms with E-state index >= 15 is 0 Å². The average molecular weight is 181 g/mol. The molecule has 0 saturated heterocycles. The van der Waals surface area contributed by atoms with Crippen LogP contribution in [0.15, 0.2) is 12.4 Å². The molecule has 0 fully saturated rings. The Morgan fingerprint density at radius 3 is 2.69 bits per heavy atom. The average Bonchev–Trinajstić information content (AvgIpc) is 2.52. The minimum atomic E-state index is 0.486. The van der Waals surface area contributed by atoms with Gasteiger partial charge in [-0.25, -0.2) is 4.98 Å². The topological polar surface area (TPSA) is 43.8 Å². The number of nitrogens with zero attached hydrogens (tertiary/aromatic N) is 2. The molecular formula is C10H19N3. The van der Waals surface area contributed by atoms with E-state index in [1.165, 1.54) is 0 Å². The van der Waals surface area contributed by atoms with Crippen molar-refractivity contribution in [2.45, 2.75) is 33.2 Å². The van der Waals surface area contributed by atoms with Crippen molar-refractivity contribution >= 4 is 0 Å². The van der Waals surface area contributed by atoms with E-state index in [9.17, 15) is 0 Å². The Morgan fingerprint density at radius 1 is 1.46 bits per heavy atom. The lowest BCUT2D eigenvalue weighted by atomic mass is 10.1. The molecule has 0 saturated carbocycles. The molecule has 3 heteroatoms. The third kappa shape index (κ3) is 2.56. The van der Waals surface area contributed by atoms with Gasteiger partial charge in [-0.05, 0) is 12.5 Å². The molecule has 1 atom stereocenters. The number of hydrogen-bond acceptors (Lipinski definition) is 2. The lowest BCUT2D eigenvalue weighted by Crippen LogP contribution is -2.18. The van der Waals surface area contributed by atoms with Crippen molar-refractivity contribution in [3.63, 3.8) is 0 Å². The second-order valence-corrected chi connectivity index (χ2v) is 3.93. The zero-order valence-electron chi connectivity index (χ0n) is 8.70. The van der Waals surface area contributed by atoms with Crippen molar-refractivity contribution in [1.29, 1.82) is 0 Å². The van der Waals surface area contributed by atoms with Crippen molar-refractivity contribution in [3.05, 3.63) is 18.2 Å².